The van der Waals surface area contributed by atoms with Gasteiger partial charge in [-0.15, -0.1) is 11.3 Å². The molecule has 3 aromatic rings. The molecule has 0 atom stereocenters. The first-order valence-electron chi connectivity index (χ1n) is 9.28. The van der Waals surface area contributed by atoms with E-state index in [-0.39, 0.29) is 5.91 Å². The highest BCUT2D eigenvalue weighted by Crippen LogP contribution is 2.26. The maximum atomic E-state index is 12.8. The van der Waals surface area contributed by atoms with E-state index in [2.05, 4.69) is 20.2 Å². The lowest BCUT2D eigenvalue weighted by molar-refractivity contribution is 0.0746. The first-order chi connectivity index (χ1) is 13.7. The molecule has 1 aliphatic heterocycles. The molecule has 0 spiro atoms. The Morgan fingerprint density at radius 3 is 2.54 bits per heavy atom. The Bertz CT molecular complexity index is 919. The van der Waals surface area contributed by atoms with Gasteiger partial charge in [-0.1, -0.05) is 30.0 Å². The summed E-state index contributed by atoms with van der Waals surface area (Å²) in [6.45, 7) is 5.07. The minimum atomic E-state index is 0.107. The number of rotatable bonds is 5. The molecular formula is C21H22N4OS2. The fourth-order valence-electron chi connectivity index (χ4n) is 3.15. The third-order valence-electron chi connectivity index (χ3n) is 4.70. The molecule has 1 saturated heterocycles. The van der Waals surface area contributed by atoms with E-state index >= 15 is 0 Å². The van der Waals surface area contributed by atoms with Crippen LogP contribution in [0.4, 0.5) is 5.82 Å². The summed E-state index contributed by atoms with van der Waals surface area (Å²) < 4.78 is 1.09. The number of aromatic nitrogens is 2. The molecule has 0 bridgehead atoms. The molecular weight excluding hydrogens is 388 g/mol. The third-order valence-corrected chi connectivity index (χ3v) is 6.91. The lowest BCUT2D eigenvalue weighted by Crippen LogP contribution is -2.49. The number of carbonyl (C=O) groups is 1. The largest absolute Gasteiger partial charge is 0.353 e. The second-order valence-electron chi connectivity index (χ2n) is 6.71. The van der Waals surface area contributed by atoms with Crippen LogP contribution in [0.15, 0.2) is 58.4 Å². The van der Waals surface area contributed by atoms with E-state index in [1.165, 1.54) is 5.56 Å². The summed E-state index contributed by atoms with van der Waals surface area (Å²) in [6, 6.07) is 13.9. The lowest BCUT2D eigenvalue weighted by atomic mass is 10.1. The van der Waals surface area contributed by atoms with Crippen molar-refractivity contribution in [3.05, 3.63) is 70.9 Å². The second kappa shape index (κ2) is 8.75. The number of thioether (sulfide) groups is 1. The molecule has 1 aliphatic rings. The molecule has 0 unspecified atom stereocenters. The molecule has 144 valence electrons. The van der Waals surface area contributed by atoms with E-state index in [0.29, 0.717) is 0 Å². The van der Waals surface area contributed by atoms with Crippen molar-refractivity contribution in [3.63, 3.8) is 0 Å². The van der Waals surface area contributed by atoms with Crippen LogP contribution in [0, 0.1) is 6.92 Å². The summed E-state index contributed by atoms with van der Waals surface area (Å²) >= 11 is 3.41. The predicted octanol–water partition coefficient (Wildman–Crippen LogP) is 4.10. The number of benzene rings is 1. The van der Waals surface area contributed by atoms with Gasteiger partial charge in [-0.2, -0.15) is 0 Å². The smallest absolute Gasteiger partial charge is 0.253 e. The molecule has 5 nitrogen and oxygen atoms in total. The predicted molar refractivity (Wildman–Crippen MR) is 115 cm³/mol. The molecule has 1 fully saturated rings. The van der Waals surface area contributed by atoms with E-state index in [1.807, 2.05) is 60.5 Å². The number of aryl methyl sites for hydroxylation is 1. The van der Waals surface area contributed by atoms with Gasteiger partial charge in [-0.05, 0) is 36.8 Å². The zero-order chi connectivity index (χ0) is 19.3. The number of pyridine rings is 1. The first kappa shape index (κ1) is 19.0. The monoisotopic (exact) mass is 410 g/mol. The minimum Gasteiger partial charge on any atom is -0.353 e. The van der Waals surface area contributed by atoms with Gasteiger partial charge in [0.1, 0.15) is 10.2 Å². The molecule has 0 N–H and O–H groups in total. The standard InChI is InChI=1S/C21H22N4OS2/c1-16-14-27-21(23-16)28-15-17-5-7-18(8-6-17)20(26)25-12-10-24(11-13-25)19-4-2-3-9-22-19/h2-9,14H,10-13,15H2,1H3. The van der Waals surface area contributed by atoms with Gasteiger partial charge in [0.05, 0.1) is 0 Å². The maximum absolute atomic E-state index is 12.8. The van der Waals surface area contributed by atoms with Crippen LogP contribution >= 0.6 is 23.1 Å². The van der Waals surface area contributed by atoms with Crippen LogP contribution in [0.3, 0.4) is 0 Å². The molecule has 3 heterocycles. The van der Waals surface area contributed by atoms with Crippen LogP contribution in [0.25, 0.3) is 0 Å². The van der Waals surface area contributed by atoms with Gasteiger partial charge in [0.15, 0.2) is 0 Å². The maximum Gasteiger partial charge on any atom is 0.253 e. The average molecular weight is 411 g/mol. The Hall–Kier alpha value is -2.38. The van der Waals surface area contributed by atoms with Crippen molar-refractivity contribution < 1.29 is 4.79 Å². The van der Waals surface area contributed by atoms with Crippen LogP contribution in [-0.4, -0.2) is 47.0 Å². The summed E-state index contributed by atoms with van der Waals surface area (Å²) in [6.07, 6.45) is 1.81. The summed E-state index contributed by atoms with van der Waals surface area (Å²) in [7, 11) is 0. The van der Waals surface area contributed by atoms with Crippen molar-refractivity contribution >= 4 is 34.8 Å². The third kappa shape index (κ3) is 4.54. The van der Waals surface area contributed by atoms with E-state index in [9.17, 15) is 4.79 Å². The number of hydrogen-bond acceptors (Lipinski definition) is 6. The zero-order valence-electron chi connectivity index (χ0n) is 15.7. The summed E-state index contributed by atoms with van der Waals surface area (Å²) in [5.74, 6) is 1.95. The van der Waals surface area contributed by atoms with Crippen LogP contribution in [0.2, 0.25) is 0 Å². The second-order valence-corrected chi connectivity index (χ2v) is 8.79. The number of amides is 1. The first-order valence-corrected chi connectivity index (χ1v) is 11.1. The number of piperazine rings is 1. The van der Waals surface area contributed by atoms with E-state index in [1.54, 1.807) is 23.1 Å². The Morgan fingerprint density at radius 2 is 1.89 bits per heavy atom. The summed E-state index contributed by atoms with van der Waals surface area (Å²) in [4.78, 5) is 25.8. The number of anilines is 1. The molecule has 0 radical (unpaired) electrons. The van der Waals surface area contributed by atoms with Crippen LogP contribution in [0.5, 0.6) is 0 Å². The SMILES string of the molecule is Cc1csc(SCc2ccc(C(=O)N3CCN(c4ccccn4)CC3)cc2)n1. The van der Waals surface area contributed by atoms with Crippen molar-refractivity contribution in [1.82, 2.24) is 14.9 Å². The van der Waals surface area contributed by atoms with E-state index in [0.717, 1.165) is 53.3 Å². The van der Waals surface area contributed by atoms with E-state index in [4.69, 9.17) is 0 Å². The quantitative estimate of drug-likeness (QED) is 0.593. The van der Waals surface area contributed by atoms with Crippen LogP contribution in [-0.2, 0) is 5.75 Å². The van der Waals surface area contributed by atoms with Crippen molar-refractivity contribution in [2.45, 2.75) is 17.0 Å². The Labute approximate surface area is 173 Å². The van der Waals surface area contributed by atoms with Crippen molar-refractivity contribution in [3.8, 4) is 0 Å². The topological polar surface area (TPSA) is 49.3 Å². The van der Waals surface area contributed by atoms with Gasteiger partial charge < -0.3 is 9.80 Å². The van der Waals surface area contributed by atoms with Crippen LogP contribution < -0.4 is 4.90 Å². The molecule has 4 rings (SSSR count). The zero-order valence-corrected chi connectivity index (χ0v) is 17.4. The van der Waals surface area contributed by atoms with Gasteiger partial charge in [0, 0.05) is 54.8 Å². The molecule has 7 heteroatoms. The lowest BCUT2D eigenvalue weighted by Gasteiger charge is -2.35. The fourth-order valence-corrected chi connectivity index (χ4v) is 4.95. The van der Waals surface area contributed by atoms with Gasteiger partial charge in [0.25, 0.3) is 5.91 Å². The molecule has 0 saturated carbocycles. The molecule has 0 aliphatic carbocycles. The highest BCUT2D eigenvalue weighted by Gasteiger charge is 2.22. The molecule has 1 amide bonds. The van der Waals surface area contributed by atoms with Gasteiger partial charge in [0.2, 0.25) is 0 Å². The number of carbonyl (C=O) groups excluding carboxylic acids is 1. The normalized spacial score (nSPS) is 14.3. The Morgan fingerprint density at radius 1 is 1.11 bits per heavy atom. The van der Waals surface area contributed by atoms with Crippen molar-refractivity contribution in [1.29, 1.82) is 0 Å². The number of thiazole rings is 1. The summed E-state index contributed by atoms with van der Waals surface area (Å²) in [5, 5.41) is 2.07. The summed E-state index contributed by atoms with van der Waals surface area (Å²) in [5.41, 5.74) is 3.02. The highest BCUT2D eigenvalue weighted by atomic mass is 32.2. The fraction of sp³-hybridized carbons (Fsp3) is 0.286. The molecule has 2 aromatic heterocycles. The van der Waals surface area contributed by atoms with Gasteiger partial charge in [-0.25, -0.2) is 9.97 Å². The Kier molecular flexibility index (Phi) is 5.92. The average Bonchev–Trinajstić information content (AvgIpc) is 3.18. The van der Waals surface area contributed by atoms with Crippen molar-refractivity contribution in [2.75, 3.05) is 31.1 Å². The molecule has 28 heavy (non-hydrogen) atoms. The highest BCUT2D eigenvalue weighted by molar-refractivity contribution is 8.00. The minimum absolute atomic E-state index is 0.107. The van der Waals surface area contributed by atoms with Gasteiger partial charge >= 0.3 is 0 Å². The molecule has 1 aromatic carbocycles. The van der Waals surface area contributed by atoms with Crippen molar-refractivity contribution in [2.24, 2.45) is 0 Å². The number of hydrogen-bond donors (Lipinski definition) is 0. The van der Waals surface area contributed by atoms with E-state index < -0.39 is 0 Å². The van der Waals surface area contributed by atoms with Gasteiger partial charge in [-0.3, -0.25) is 4.79 Å². The van der Waals surface area contributed by atoms with Crippen LogP contribution in [0.1, 0.15) is 21.6 Å². The Balaban J connectivity index is 1.31. The number of nitrogens with zero attached hydrogens (tertiary/aromatic N) is 4.